The molecule has 0 bridgehead atoms. The molecule has 1 rings (SSSR count). The van der Waals surface area contributed by atoms with Crippen molar-refractivity contribution in [1.29, 1.82) is 0 Å². The van der Waals surface area contributed by atoms with Gasteiger partial charge in [-0.25, -0.2) is 4.39 Å². The predicted octanol–water partition coefficient (Wildman–Crippen LogP) is 2.30. The molecule has 18 heavy (non-hydrogen) atoms. The Morgan fingerprint density at radius 1 is 1.50 bits per heavy atom. The van der Waals surface area contributed by atoms with E-state index in [1.165, 1.54) is 18.2 Å². The van der Waals surface area contributed by atoms with Gasteiger partial charge in [0.1, 0.15) is 12.4 Å². The summed E-state index contributed by atoms with van der Waals surface area (Å²) in [5.74, 6) is -2.56. The highest BCUT2D eigenvalue weighted by Gasteiger charge is 2.22. The summed E-state index contributed by atoms with van der Waals surface area (Å²) < 4.78 is 13.9. The van der Waals surface area contributed by atoms with Gasteiger partial charge in [0.05, 0.1) is 5.56 Å². The van der Waals surface area contributed by atoms with Crippen LogP contribution in [0.15, 0.2) is 35.3 Å². The Morgan fingerprint density at radius 2 is 2.17 bits per heavy atom. The predicted molar refractivity (Wildman–Crippen MR) is 67.8 cm³/mol. The summed E-state index contributed by atoms with van der Waals surface area (Å²) in [4.78, 5) is 23.7. The first-order valence-corrected chi connectivity index (χ1v) is 5.82. The van der Waals surface area contributed by atoms with E-state index in [9.17, 15) is 14.0 Å². The van der Waals surface area contributed by atoms with E-state index in [-0.39, 0.29) is 16.6 Å². The number of hydrogen-bond donors (Lipinski definition) is 1. The van der Waals surface area contributed by atoms with Crippen LogP contribution >= 0.6 is 15.9 Å². The number of hydrogen-bond acceptors (Lipinski definition) is 2. The first-order valence-electron chi connectivity index (χ1n) is 5.03. The van der Waals surface area contributed by atoms with E-state index in [0.29, 0.717) is 0 Å². The van der Waals surface area contributed by atoms with E-state index >= 15 is 0 Å². The molecule has 0 heterocycles. The van der Waals surface area contributed by atoms with Crippen molar-refractivity contribution >= 4 is 27.8 Å². The average Bonchev–Trinajstić information content (AvgIpc) is 2.27. The van der Waals surface area contributed by atoms with Crippen molar-refractivity contribution in [3.8, 4) is 0 Å². The van der Waals surface area contributed by atoms with Crippen LogP contribution in [0.4, 0.5) is 4.39 Å². The van der Waals surface area contributed by atoms with Gasteiger partial charge in [-0.2, -0.15) is 0 Å². The maximum atomic E-state index is 13.6. The zero-order valence-corrected chi connectivity index (χ0v) is 11.0. The maximum absolute atomic E-state index is 13.6. The molecule has 1 aromatic rings. The van der Waals surface area contributed by atoms with E-state index in [4.69, 9.17) is 5.11 Å². The number of halogens is 2. The highest BCUT2D eigenvalue weighted by Crippen LogP contribution is 2.21. The van der Waals surface area contributed by atoms with E-state index in [1.807, 2.05) is 0 Å². The first kappa shape index (κ1) is 14.4. The van der Waals surface area contributed by atoms with Crippen LogP contribution in [0, 0.1) is 5.82 Å². The molecule has 0 saturated carbocycles. The van der Waals surface area contributed by atoms with Gasteiger partial charge in [-0.3, -0.25) is 9.59 Å². The SMILES string of the molecule is C=CCN(CC(=O)O)C(=O)c1c(F)cccc1Br. The molecule has 0 aliphatic heterocycles. The minimum absolute atomic E-state index is 0.0336. The van der Waals surface area contributed by atoms with E-state index in [0.717, 1.165) is 11.0 Å². The molecule has 0 unspecified atom stereocenters. The Labute approximate surface area is 112 Å². The molecule has 0 aliphatic rings. The second kappa shape index (κ2) is 6.30. The molecule has 96 valence electrons. The normalized spacial score (nSPS) is 9.89. The third-order valence-electron chi connectivity index (χ3n) is 2.14. The van der Waals surface area contributed by atoms with Gasteiger partial charge in [-0.05, 0) is 28.1 Å². The third kappa shape index (κ3) is 3.40. The first-order chi connectivity index (χ1) is 8.47. The number of carboxylic acids is 1. The molecule has 0 fully saturated rings. The quantitative estimate of drug-likeness (QED) is 0.848. The Balaban J connectivity index is 3.09. The van der Waals surface area contributed by atoms with Crippen molar-refractivity contribution in [2.45, 2.75) is 0 Å². The van der Waals surface area contributed by atoms with Crippen molar-refractivity contribution in [3.05, 3.63) is 46.7 Å². The highest BCUT2D eigenvalue weighted by molar-refractivity contribution is 9.10. The molecule has 4 nitrogen and oxygen atoms in total. The summed E-state index contributed by atoms with van der Waals surface area (Å²) in [6, 6.07) is 4.11. The number of benzene rings is 1. The molecule has 6 heteroatoms. The van der Waals surface area contributed by atoms with Crippen molar-refractivity contribution in [2.24, 2.45) is 0 Å². The Morgan fingerprint density at radius 3 is 2.67 bits per heavy atom. The summed E-state index contributed by atoms with van der Waals surface area (Å²) in [6.45, 7) is 2.96. The molecule has 0 aromatic heterocycles. The number of carboxylic acid groups (broad SMARTS) is 1. The molecule has 0 spiro atoms. The van der Waals surface area contributed by atoms with Crippen LogP contribution in [-0.2, 0) is 4.79 Å². The maximum Gasteiger partial charge on any atom is 0.323 e. The smallest absolute Gasteiger partial charge is 0.323 e. The van der Waals surface area contributed by atoms with Crippen LogP contribution in [0.1, 0.15) is 10.4 Å². The number of aliphatic carboxylic acids is 1. The Bertz CT molecular complexity index is 470. The molecule has 1 aromatic carbocycles. The molecule has 1 amide bonds. The van der Waals surface area contributed by atoms with Gasteiger partial charge >= 0.3 is 5.97 Å². The lowest BCUT2D eigenvalue weighted by atomic mass is 10.2. The lowest BCUT2D eigenvalue weighted by Crippen LogP contribution is -2.36. The summed E-state index contributed by atoms with van der Waals surface area (Å²) in [6.07, 6.45) is 1.38. The Kier molecular flexibility index (Phi) is 5.03. The number of carbonyl (C=O) groups is 2. The second-order valence-corrected chi connectivity index (χ2v) is 4.32. The number of rotatable bonds is 5. The standard InChI is InChI=1S/C12H11BrFNO3/c1-2-6-15(7-10(16)17)12(18)11-8(13)4-3-5-9(11)14/h2-5H,1,6-7H2,(H,16,17). The van der Waals surface area contributed by atoms with Crippen LogP contribution in [-0.4, -0.2) is 35.0 Å². The van der Waals surface area contributed by atoms with Crippen LogP contribution in [0.5, 0.6) is 0 Å². The Hall–Kier alpha value is -1.69. The second-order valence-electron chi connectivity index (χ2n) is 3.46. The average molecular weight is 316 g/mol. The molecule has 0 aliphatic carbocycles. The van der Waals surface area contributed by atoms with Gasteiger partial charge in [0.2, 0.25) is 0 Å². The fraction of sp³-hybridized carbons (Fsp3) is 0.167. The molecule has 0 atom stereocenters. The number of nitrogens with zero attached hydrogens (tertiary/aromatic N) is 1. The summed E-state index contributed by atoms with van der Waals surface area (Å²) in [5.41, 5.74) is -0.180. The zero-order valence-electron chi connectivity index (χ0n) is 9.40. The van der Waals surface area contributed by atoms with Gasteiger partial charge in [0.15, 0.2) is 0 Å². The van der Waals surface area contributed by atoms with Gasteiger partial charge < -0.3 is 10.0 Å². The lowest BCUT2D eigenvalue weighted by molar-refractivity contribution is -0.137. The molecular formula is C12H11BrFNO3. The van der Waals surface area contributed by atoms with Crippen molar-refractivity contribution in [2.75, 3.05) is 13.1 Å². The van der Waals surface area contributed by atoms with Crippen LogP contribution in [0.25, 0.3) is 0 Å². The topological polar surface area (TPSA) is 57.6 Å². The van der Waals surface area contributed by atoms with Crippen molar-refractivity contribution in [1.82, 2.24) is 4.90 Å². The largest absolute Gasteiger partial charge is 0.480 e. The molecular weight excluding hydrogens is 305 g/mol. The van der Waals surface area contributed by atoms with Crippen LogP contribution in [0.3, 0.4) is 0 Å². The minimum Gasteiger partial charge on any atom is -0.480 e. The summed E-state index contributed by atoms with van der Waals surface area (Å²) >= 11 is 3.07. The van der Waals surface area contributed by atoms with Gasteiger partial charge in [0.25, 0.3) is 5.91 Å². The fourth-order valence-corrected chi connectivity index (χ4v) is 1.91. The van der Waals surface area contributed by atoms with E-state index < -0.39 is 24.2 Å². The summed E-state index contributed by atoms with van der Waals surface area (Å²) in [7, 11) is 0. The van der Waals surface area contributed by atoms with E-state index in [2.05, 4.69) is 22.5 Å². The number of amides is 1. The summed E-state index contributed by atoms with van der Waals surface area (Å²) in [5, 5.41) is 8.71. The molecule has 0 saturated heterocycles. The van der Waals surface area contributed by atoms with Gasteiger partial charge in [-0.15, -0.1) is 6.58 Å². The highest BCUT2D eigenvalue weighted by atomic mass is 79.9. The minimum atomic E-state index is -1.17. The zero-order chi connectivity index (χ0) is 13.7. The van der Waals surface area contributed by atoms with Crippen molar-refractivity contribution < 1.29 is 19.1 Å². The fourth-order valence-electron chi connectivity index (χ4n) is 1.40. The van der Waals surface area contributed by atoms with Gasteiger partial charge in [-0.1, -0.05) is 12.1 Å². The monoisotopic (exact) mass is 315 g/mol. The van der Waals surface area contributed by atoms with E-state index in [1.54, 1.807) is 0 Å². The lowest BCUT2D eigenvalue weighted by Gasteiger charge is -2.19. The van der Waals surface area contributed by atoms with Crippen LogP contribution < -0.4 is 0 Å². The molecule has 0 radical (unpaired) electrons. The number of carbonyl (C=O) groups excluding carboxylic acids is 1. The van der Waals surface area contributed by atoms with Gasteiger partial charge in [0, 0.05) is 11.0 Å². The third-order valence-corrected chi connectivity index (χ3v) is 2.80. The molecule has 1 N–H and O–H groups in total. The van der Waals surface area contributed by atoms with Crippen molar-refractivity contribution in [3.63, 3.8) is 0 Å². The van der Waals surface area contributed by atoms with Crippen LogP contribution in [0.2, 0.25) is 0 Å².